The molecular formula is C10H12O2. The molecule has 0 fully saturated rings. The minimum Gasteiger partial charge on any atom is -0.478 e. The maximum absolute atomic E-state index is 10.3. The molecular weight excluding hydrogens is 152 g/mol. The van der Waals surface area contributed by atoms with E-state index in [-0.39, 0.29) is 0 Å². The van der Waals surface area contributed by atoms with E-state index in [1.165, 1.54) is 6.08 Å². The lowest BCUT2D eigenvalue weighted by atomic mass is 10.3. The maximum atomic E-state index is 10.3. The smallest absolute Gasteiger partial charge is 0.331 e. The average molecular weight is 164 g/mol. The van der Waals surface area contributed by atoms with Gasteiger partial charge in [0, 0.05) is 5.57 Å². The summed E-state index contributed by atoms with van der Waals surface area (Å²) in [6.45, 7) is 5.04. The first-order chi connectivity index (χ1) is 5.68. The van der Waals surface area contributed by atoms with E-state index in [0.717, 1.165) is 0 Å². The molecule has 0 aliphatic carbocycles. The Balaban J connectivity index is 4.03. The molecule has 12 heavy (non-hydrogen) atoms. The Morgan fingerprint density at radius 2 is 1.83 bits per heavy atom. The van der Waals surface area contributed by atoms with Crippen molar-refractivity contribution in [2.24, 2.45) is 0 Å². The molecule has 0 heterocycles. The van der Waals surface area contributed by atoms with Crippen molar-refractivity contribution in [2.75, 3.05) is 0 Å². The Morgan fingerprint density at radius 3 is 2.33 bits per heavy atom. The summed E-state index contributed by atoms with van der Waals surface area (Å²) in [4.78, 5) is 10.3. The van der Waals surface area contributed by atoms with Gasteiger partial charge in [-0.25, -0.2) is 4.79 Å². The van der Waals surface area contributed by atoms with Gasteiger partial charge in [0.1, 0.15) is 0 Å². The van der Waals surface area contributed by atoms with Crippen LogP contribution in [0.2, 0.25) is 0 Å². The van der Waals surface area contributed by atoms with E-state index in [2.05, 4.69) is 6.58 Å². The van der Waals surface area contributed by atoms with Crippen molar-refractivity contribution < 1.29 is 9.90 Å². The van der Waals surface area contributed by atoms with E-state index in [0.29, 0.717) is 5.57 Å². The molecule has 0 aromatic heterocycles. The zero-order chi connectivity index (χ0) is 9.40. The summed E-state index contributed by atoms with van der Waals surface area (Å²) in [5.74, 6) is -0.896. The maximum Gasteiger partial charge on any atom is 0.331 e. The van der Waals surface area contributed by atoms with Crippen molar-refractivity contribution >= 4 is 5.97 Å². The Labute approximate surface area is 72.2 Å². The molecule has 0 aliphatic heterocycles. The van der Waals surface area contributed by atoms with Gasteiger partial charge in [-0.1, -0.05) is 43.0 Å². The molecule has 0 spiro atoms. The van der Waals surface area contributed by atoms with Crippen molar-refractivity contribution in [3.05, 3.63) is 48.6 Å². The fourth-order valence-corrected chi connectivity index (χ4v) is 0.478. The Bertz CT molecular complexity index is 245. The quantitative estimate of drug-likeness (QED) is 0.511. The molecule has 64 valence electrons. The van der Waals surface area contributed by atoms with Crippen molar-refractivity contribution in [1.29, 1.82) is 0 Å². The average Bonchev–Trinajstić information content (AvgIpc) is 2.03. The van der Waals surface area contributed by atoms with Crippen LogP contribution in [0.3, 0.4) is 0 Å². The Hall–Kier alpha value is -1.57. The first-order valence-electron chi connectivity index (χ1n) is 3.54. The summed E-state index contributed by atoms with van der Waals surface area (Å²) in [6, 6.07) is 0. The van der Waals surface area contributed by atoms with Crippen molar-refractivity contribution in [1.82, 2.24) is 0 Å². The molecule has 2 nitrogen and oxygen atoms in total. The highest BCUT2D eigenvalue weighted by molar-refractivity contribution is 5.86. The standard InChI is InChI=1S/C10H12O2/c1-3-4-5-6-7-8-9(2)10(11)12/h3-8H,1H2,2H3,(H,11,12). The number of carbonyl (C=O) groups is 1. The number of carboxylic acid groups (broad SMARTS) is 1. The second kappa shape index (κ2) is 6.16. The van der Waals surface area contributed by atoms with Crippen LogP contribution in [-0.2, 0) is 4.79 Å². The fraction of sp³-hybridized carbons (Fsp3) is 0.100. The molecule has 0 saturated heterocycles. The topological polar surface area (TPSA) is 37.3 Å². The largest absolute Gasteiger partial charge is 0.478 e. The zero-order valence-electron chi connectivity index (χ0n) is 7.03. The lowest BCUT2D eigenvalue weighted by Gasteiger charge is -1.86. The summed E-state index contributed by atoms with van der Waals surface area (Å²) < 4.78 is 0. The molecule has 0 rings (SSSR count). The van der Waals surface area contributed by atoms with Crippen LogP contribution in [0, 0.1) is 0 Å². The van der Waals surface area contributed by atoms with Gasteiger partial charge in [0.25, 0.3) is 0 Å². The first-order valence-corrected chi connectivity index (χ1v) is 3.54. The monoisotopic (exact) mass is 164 g/mol. The SMILES string of the molecule is C=CC=CC=CC=C(C)C(=O)O. The molecule has 0 saturated carbocycles. The van der Waals surface area contributed by atoms with Crippen molar-refractivity contribution in [3.63, 3.8) is 0 Å². The number of carboxylic acids is 1. The van der Waals surface area contributed by atoms with Gasteiger partial charge >= 0.3 is 5.97 Å². The lowest BCUT2D eigenvalue weighted by Crippen LogP contribution is -1.94. The summed E-state index contributed by atoms with van der Waals surface area (Å²) >= 11 is 0. The molecule has 0 bridgehead atoms. The fourth-order valence-electron chi connectivity index (χ4n) is 0.478. The number of hydrogen-bond donors (Lipinski definition) is 1. The van der Waals surface area contributed by atoms with Gasteiger partial charge in [-0.15, -0.1) is 0 Å². The van der Waals surface area contributed by atoms with Crippen LogP contribution in [0.5, 0.6) is 0 Å². The highest BCUT2D eigenvalue weighted by Crippen LogP contribution is 1.92. The molecule has 0 radical (unpaired) electrons. The molecule has 1 N–H and O–H groups in total. The van der Waals surface area contributed by atoms with Gasteiger partial charge in [-0.2, -0.15) is 0 Å². The van der Waals surface area contributed by atoms with Crippen LogP contribution in [0.4, 0.5) is 0 Å². The Morgan fingerprint density at radius 1 is 1.25 bits per heavy atom. The predicted octanol–water partition coefficient (Wildman–Crippen LogP) is 2.32. The van der Waals surface area contributed by atoms with E-state index >= 15 is 0 Å². The highest BCUT2D eigenvalue weighted by atomic mass is 16.4. The van der Waals surface area contributed by atoms with Gasteiger partial charge in [-0.05, 0) is 6.92 Å². The number of aliphatic carboxylic acids is 1. The molecule has 2 heteroatoms. The minimum atomic E-state index is -0.896. The van der Waals surface area contributed by atoms with Crippen molar-refractivity contribution in [2.45, 2.75) is 6.92 Å². The second-order valence-electron chi connectivity index (χ2n) is 2.16. The van der Waals surface area contributed by atoms with Crippen LogP contribution >= 0.6 is 0 Å². The summed E-state index contributed by atoms with van der Waals surface area (Å²) in [6.07, 6.45) is 10.1. The van der Waals surface area contributed by atoms with Gasteiger partial charge < -0.3 is 5.11 Å². The van der Waals surface area contributed by atoms with Crippen LogP contribution < -0.4 is 0 Å². The predicted molar refractivity (Wildman–Crippen MR) is 49.9 cm³/mol. The van der Waals surface area contributed by atoms with E-state index in [4.69, 9.17) is 5.11 Å². The van der Waals surface area contributed by atoms with Gasteiger partial charge in [0.05, 0.1) is 0 Å². The molecule has 0 aromatic rings. The van der Waals surface area contributed by atoms with Gasteiger partial charge in [0.2, 0.25) is 0 Å². The second-order valence-corrected chi connectivity index (χ2v) is 2.16. The van der Waals surface area contributed by atoms with Gasteiger partial charge in [-0.3, -0.25) is 0 Å². The molecule has 0 aromatic carbocycles. The molecule has 0 atom stereocenters. The highest BCUT2D eigenvalue weighted by Gasteiger charge is 1.94. The molecule has 0 amide bonds. The normalized spacial score (nSPS) is 12.6. The van der Waals surface area contributed by atoms with Gasteiger partial charge in [0.15, 0.2) is 0 Å². The number of allylic oxidation sites excluding steroid dienone is 6. The third kappa shape index (κ3) is 5.23. The lowest BCUT2D eigenvalue weighted by molar-refractivity contribution is -0.132. The molecule has 0 aliphatic rings. The van der Waals surface area contributed by atoms with E-state index < -0.39 is 5.97 Å². The summed E-state index contributed by atoms with van der Waals surface area (Å²) in [7, 11) is 0. The number of rotatable bonds is 4. The minimum absolute atomic E-state index is 0.318. The van der Waals surface area contributed by atoms with Crippen LogP contribution in [0.15, 0.2) is 48.6 Å². The Kier molecular flexibility index (Phi) is 5.35. The number of hydrogen-bond acceptors (Lipinski definition) is 1. The third-order valence-corrected chi connectivity index (χ3v) is 1.15. The van der Waals surface area contributed by atoms with Crippen molar-refractivity contribution in [3.8, 4) is 0 Å². The molecule has 0 unspecified atom stereocenters. The van der Waals surface area contributed by atoms with Crippen LogP contribution in [0.1, 0.15) is 6.92 Å². The van der Waals surface area contributed by atoms with E-state index in [1.54, 1.807) is 37.3 Å². The van der Waals surface area contributed by atoms with E-state index in [9.17, 15) is 4.79 Å². The first kappa shape index (κ1) is 10.4. The third-order valence-electron chi connectivity index (χ3n) is 1.15. The summed E-state index contributed by atoms with van der Waals surface area (Å²) in [5, 5.41) is 8.45. The zero-order valence-corrected chi connectivity index (χ0v) is 7.03. The summed E-state index contributed by atoms with van der Waals surface area (Å²) in [5.41, 5.74) is 0.318. The van der Waals surface area contributed by atoms with Crippen LogP contribution in [-0.4, -0.2) is 11.1 Å². The van der Waals surface area contributed by atoms with Crippen LogP contribution in [0.25, 0.3) is 0 Å². The van der Waals surface area contributed by atoms with E-state index in [1.807, 2.05) is 0 Å².